The Morgan fingerprint density at radius 2 is 1.68 bits per heavy atom. The molecule has 0 radical (unpaired) electrons. The Labute approximate surface area is 158 Å². The number of rotatable bonds is 7. The fourth-order valence-corrected chi connectivity index (χ4v) is 3.55. The molecule has 142 valence electrons. The van der Waals surface area contributed by atoms with Crippen molar-refractivity contribution in [1.29, 1.82) is 0 Å². The standard InChI is InChI=1S/C20H31NO3.ClH/c1-6-10-23-18-12-14(2)19(15(3)13-18)20(22)24-11-9-21-16(4)7-8-17(21)5;/h12-13,16-17H,6-11H2,1-5H3;1H. The van der Waals surface area contributed by atoms with Gasteiger partial charge in [0.2, 0.25) is 0 Å². The monoisotopic (exact) mass is 369 g/mol. The molecule has 1 saturated heterocycles. The summed E-state index contributed by atoms with van der Waals surface area (Å²) in [6, 6.07) is 5.00. The van der Waals surface area contributed by atoms with Crippen LogP contribution in [0, 0.1) is 13.8 Å². The summed E-state index contributed by atoms with van der Waals surface area (Å²) < 4.78 is 11.2. The minimum atomic E-state index is -0.230. The summed E-state index contributed by atoms with van der Waals surface area (Å²) >= 11 is 0. The Kier molecular flexibility index (Phi) is 8.74. The van der Waals surface area contributed by atoms with Crippen LogP contribution < -0.4 is 4.74 Å². The summed E-state index contributed by atoms with van der Waals surface area (Å²) in [6.07, 6.45) is 3.42. The van der Waals surface area contributed by atoms with Crippen molar-refractivity contribution in [2.45, 2.75) is 66.0 Å². The fourth-order valence-electron chi connectivity index (χ4n) is 3.55. The molecular weight excluding hydrogens is 338 g/mol. The lowest BCUT2D eigenvalue weighted by molar-refractivity contribution is 0.0437. The molecule has 0 saturated carbocycles. The van der Waals surface area contributed by atoms with Gasteiger partial charge < -0.3 is 9.47 Å². The van der Waals surface area contributed by atoms with E-state index in [1.165, 1.54) is 12.8 Å². The average Bonchev–Trinajstić information content (AvgIpc) is 2.84. The van der Waals surface area contributed by atoms with Crippen LogP contribution >= 0.6 is 12.4 Å². The fraction of sp³-hybridized carbons (Fsp3) is 0.650. The summed E-state index contributed by atoms with van der Waals surface area (Å²) in [4.78, 5) is 14.9. The van der Waals surface area contributed by atoms with E-state index in [0.29, 0.717) is 30.9 Å². The van der Waals surface area contributed by atoms with Gasteiger partial charge in [0, 0.05) is 18.6 Å². The molecular formula is C20H32ClNO3. The molecule has 0 spiro atoms. The molecule has 1 aromatic carbocycles. The van der Waals surface area contributed by atoms with E-state index < -0.39 is 0 Å². The van der Waals surface area contributed by atoms with Gasteiger partial charge in [0.15, 0.2) is 0 Å². The van der Waals surface area contributed by atoms with Crippen molar-refractivity contribution in [3.63, 3.8) is 0 Å². The first-order valence-corrected chi connectivity index (χ1v) is 9.11. The zero-order valence-electron chi connectivity index (χ0n) is 16.1. The zero-order chi connectivity index (χ0) is 17.7. The maximum absolute atomic E-state index is 12.5. The summed E-state index contributed by atoms with van der Waals surface area (Å²) in [5, 5.41) is 0. The first kappa shape index (κ1) is 21.8. The SMILES string of the molecule is CCCOc1cc(C)c(C(=O)OCCN2C(C)CCC2C)c(C)c1.Cl. The molecule has 0 aromatic heterocycles. The highest BCUT2D eigenvalue weighted by atomic mass is 35.5. The number of hydrogen-bond acceptors (Lipinski definition) is 4. The van der Waals surface area contributed by atoms with Crippen LogP contribution in [0.1, 0.15) is 61.5 Å². The molecule has 1 heterocycles. The molecule has 2 atom stereocenters. The van der Waals surface area contributed by atoms with E-state index in [1.807, 2.05) is 26.0 Å². The van der Waals surface area contributed by atoms with E-state index in [4.69, 9.17) is 9.47 Å². The molecule has 25 heavy (non-hydrogen) atoms. The molecule has 1 aromatic rings. The molecule has 1 aliphatic heterocycles. The summed E-state index contributed by atoms with van der Waals surface area (Å²) in [5.74, 6) is 0.592. The lowest BCUT2D eigenvalue weighted by Crippen LogP contribution is -2.36. The van der Waals surface area contributed by atoms with Gasteiger partial charge in [-0.05, 0) is 70.2 Å². The van der Waals surface area contributed by atoms with Crippen LogP contribution in [0.4, 0.5) is 0 Å². The highest BCUT2D eigenvalue weighted by Crippen LogP contribution is 2.24. The van der Waals surface area contributed by atoms with Gasteiger partial charge in [0.1, 0.15) is 12.4 Å². The van der Waals surface area contributed by atoms with Crippen LogP contribution in [0.15, 0.2) is 12.1 Å². The Morgan fingerprint density at radius 3 is 2.20 bits per heavy atom. The third kappa shape index (κ3) is 5.61. The Hall–Kier alpha value is -1.26. The highest BCUT2D eigenvalue weighted by Gasteiger charge is 2.27. The number of carbonyl (C=O) groups is 1. The summed E-state index contributed by atoms with van der Waals surface area (Å²) in [6.45, 7) is 12.4. The molecule has 4 nitrogen and oxygen atoms in total. The molecule has 1 aliphatic rings. The zero-order valence-corrected chi connectivity index (χ0v) is 16.9. The number of likely N-dealkylation sites (tertiary alicyclic amines) is 1. The quantitative estimate of drug-likeness (QED) is 0.661. The van der Waals surface area contributed by atoms with E-state index in [1.54, 1.807) is 0 Å². The molecule has 0 bridgehead atoms. The normalized spacial score (nSPS) is 20.2. The Bertz CT molecular complexity index is 543. The summed E-state index contributed by atoms with van der Waals surface area (Å²) in [5.41, 5.74) is 2.49. The second kappa shape index (κ2) is 10.0. The predicted octanol–water partition coefficient (Wildman–Crippen LogP) is 4.54. The minimum Gasteiger partial charge on any atom is -0.494 e. The average molecular weight is 370 g/mol. The van der Waals surface area contributed by atoms with Gasteiger partial charge in [-0.25, -0.2) is 4.79 Å². The highest BCUT2D eigenvalue weighted by molar-refractivity contribution is 5.93. The Balaban J connectivity index is 0.00000312. The number of halogens is 1. The summed E-state index contributed by atoms with van der Waals surface area (Å²) in [7, 11) is 0. The van der Waals surface area contributed by atoms with Gasteiger partial charge in [0.05, 0.1) is 12.2 Å². The van der Waals surface area contributed by atoms with Crippen molar-refractivity contribution in [2.75, 3.05) is 19.8 Å². The van der Waals surface area contributed by atoms with E-state index in [9.17, 15) is 4.79 Å². The van der Waals surface area contributed by atoms with Gasteiger partial charge in [-0.3, -0.25) is 4.90 Å². The van der Waals surface area contributed by atoms with Crippen molar-refractivity contribution in [1.82, 2.24) is 4.90 Å². The van der Waals surface area contributed by atoms with Crippen LogP contribution in [0.3, 0.4) is 0 Å². The second-order valence-electron chi connectivity index (χ2n) is 6.93. The topological polar surface area (TPSA) is 38.8 Å². The lowest BCUT2D eigenvalue weighted by Gasteiger charge is -2.25. The van der Waals surface area contributed by atoms with Crippen LogP contribution in [0.2, 0.25) is 0 Å². The lowest BCUT2D eigenvalue weighted by atomic mass is 10.0. The van der Waals surface area contributed by atoms with Crippen LogP contribution in [-0.2, 0) is 4.74 Å². The van der Waals surface area contributed by atoms with E-state index in [0.717, 1.165) is 29.8 Å². The third-order valence-electron chi connectivity index (χ3n) is 4.90. The molecule has 0 N–H and O–H groups in total. The number of ether oxygens (including phenoxy) is 2. The largest absolute Gasteiger partial charge is 0.494 e. The van der Waals surface area contributed by atoms with Gasteiger partial charge in [-0.15, -0.1) is 12.4 Å². The molecule has 0 amide bonds. The van der Waals surface area contributed by atoms with Gasteiger partial charge in [-0.1, -0.05) is 6.92 Å². The maximum atomic E-state index is 12.5. The first-order chi connectivity index (χ1) is 11.4. The number of nitrogens with zero attached hydrogens (tertiary/aromatic N) is 1. The number of benzene rings is 1. The van der Waals surface area contributed by atoms with Crippen LogP contribution in [-0.4, -0.2) is 42.7 Å². The Morgan fingerprint density at radius 1 is 1.12 bits per heavy atom. The predicted molar refractivity (Wildman–Crippen MR) is 104 cm³/mol. The van der Waals surface area contributed by atoms with Gasteiger partial charge in [0.25, 0.3) is 0 Å². The van der Waals surface area contributed by atoms with Crippen LogP contribution in [0.25, 0.3) is 0 Å². The van der Waals surface area contributed by atoms with Crippen molar-refractivity contribution in [3.8, 4) is 5.75 Å². The van der Waals surface area contributed by atoms with E-state index in [-0.39, 0.29) is 18.4 Å². The van der Waals surface area contributed by atoms with Crippen molar-refractivity contribution in [2.24, 2.45) is 0 Å². The second-order valence-corrected chi connectivity index (χ2v) is 6.93. The molecule has 0 aliphatic carbocycles. The van der Waals surface area contributed by atoms with Crippen molar-refractivity contribution >= 4 is 18.4 Å². The van der Waals surface area contributed by atoms with Crippen LogP contribution in [0.5, 0.6) is 5.75 Å². The molecule has 2 rings (SSSR count). The number of esters is 1. The maximum Gasteiger partial charge on any atom is 0.338 e. The molecule has 2 unspecified atom stereocenters. The molecule has 5 heteroatoms. The number of carbonyl (C=O) groups excluding carboxylic acids is 1. The van der Waals surface area contributed by atoms with Gasteiger partial charge in [-0.2, -0.15) is 0 Å². The van der Waals surface area contributed by atoms with E-state index >= 15 is 0 Å². The van der Waals surface area contributed by atoms with Gasteiger partial charge >= 0.3 is 5.97 Å². The first-order valence-electron chi connectivity index (χ1n) is 9.11. The number of hydrogen-bond donors (Lipinski definition) is 0. The smallest absolute Gasteiger partial charge is 0.338 e. The van der Waals surface area contributed by atoms with E-state index in [2.05, 4.69) is 25.7 Å². The van der Waals surface area contributed by atoms with Crippen molar-refractivity contribution in [3.05, 3.63) is 28.8 Å². The minimum absolute atomic E-state index is 0. The van der Waals surface area contributed by atoms with Crippen molar-refractivity contribution < 1.29 is 14.3 Å². The third-order valence-corrected chi connectivity index (χ3v) is 4.90. The molecule has 1 fully saturated rings. The number of aryl methyl sites for hydroxylation is 2.